The molecular formula is C14H18O. The minimum Gasteiger partial charge on any atom is -0.396 e. The number of benzene rings is 1. The summed E-state index contributed by atoms with van der Waals surface area (Å²) < 4.78 is 0. The molecule has 15 heavy (non-hydrogen) atoms. The summed E-state index contributed by atoms with van der Waals surface area (Å²) in [4.78, 5) is 0. The lowest BCUT2D eigenvalue weighted by Crippen LogP contribution is -2.19. The number of hydrogen-bond donors (Lipinski definition) is 1. The van der Waals surface area contributed by atoms with E-state index in [-0.39, 0.29) is 6.61 Å². The second kappa shape index (κ2) is 4.63. The molecule has 0 bridgehead atoms. The normalized spacial score (nSPS) is 30.4. The average molecular weight is 202 g/mol. The highest BCUT2D eigenvalue weighted by Gasteiger charge is 2.24. The van der Waals surface area contributed by atoms with Crippen LogP contribution in [0, 0.1) is 11.8 Å². The van der Waals surface area contributed by atoms with Gasteiger partial charge in [-0.3, -0.25) is 0 Å². The molecule has 0 aliphatic heterocycles. The molecule has 0 amide bonds. The van der Waals surface area contributed by atoms with Crippen LogP contribution in [0.5, 0.6) is 0 Å². The van der Waals surface area contributed by atoms with Crippen LogP contribution in [0.2, 0.25) is 0 Å². The Kier molecular flexibility index (Phi) is 3.22. The van der Waals surface area contributed by atoms with E-state index in [9.17, 15) is 5.11 Å². The van der Waals surface area contributed by atoms with Gasteiger partial charge in [-0.15, -0.1) is 0 Å². The van der Waals surface area contributed by atoms with Crippen molar-refractivity contribution in [1.29, 1.82) is 0 Å². The zero-order valence-corrected chi connectivity index (χ0v) is 9.13. The van der Waals surface area contributed by atoms with Crippen LogP contribution in [-0.2, 0) is 0 Å². The van der Waals surface area contributed by atoms with Gasteiger partial charge in [0.15, 0.2) is 0 Å². The van der Waals surface area contributed by atoms with Crippen LogP contribution in [0.1, 0.15) is 24.8 Å². The van der Waals surface area contributed by atoms with Crippen molar-refractivity contribution in [3.8, 4) is 0 Å². The first-order valence-corrected chi connectivity index (χ1v) is 5.65. The molecule has 0 fully saturated rings. The zero-order valence-electron chi connectivity index (χ0n) is 9.13. The molecule has 1 N–H and O–H groups in total. The van der Waals surface area contributed by atoms with Crippen LogP contribution in [0.4, 0.5) is 0 Å². The summed E-state index contributed by atoms with van der Waals surface area (Å²) in [6.45, 7) is 2.52. The smallest absolute Gasteiger partial charge is 0.0494 e. The van der Waals surface area contributed by atoms with Crippen molar-refractivity contribution in [3.05, 3.63) is 48.0 Å². The first-order chi connectivity index (χ1) is 7.31. The van der Waals surface area contributed by atoms with Gasteiger partial charge in [0.1, 0.15) is 0 Å². The molecule has 3 atom stereocenters. The van der Waals surface area contributed by atoms with Crippen molar-refractivity contribution in [1.82, 2.24) is 0 Å². The SMILES string of the molecule is C[C@@H]1C=C[C@H](CO)C[C@@H]1c1ccccc1. The second-order valence-corrected chi connectivity index (χ2v) is 4.44. The Labute approximate surface area is 91.4 Å². The van der Waals surface area contributed by atoms with Crippen LogP contribution in [0.3, 0.4) is 0 Å². The van der Waals surface area contributed by atoms with Crippen molar-refractivity contribution in [2.24, 2.45) is 11.8 Å². The standard InChI is InChI=1S/C14H18O/c1-11-7-8-12(10-15)9-14(11)13-5-3-2-4-6-13/h2-8,11-12,14-15H,9-10H2,1H3/t11-,12+,14+/m1/s1. The molecule has 0 saturated carbocycles. The van der Waals surface area contributed by atoms with Gasteiger partial charge in [-0.25, -0.2) is 0 Å². The molecule has 0 spiro atoms. The second-order valence-electron chi connectivity index (χ2n) is 4.44. The summed E-state index contributed by atoms with van der Waals surface area (Å²) in [7, 11) is 0. The number of hydrogen-bond acceptors (Lipinski definition) is 1. The maximum absolute atomic E-state index is 9.19. The quantitative estimate of drug-likeness (QED) is 0.731. The van der Waals surface area contributed by atoms with Crippen LogP contribution < -0.4 is 0 Å². The minimum absolute atomic E-state index is 0.270. The van der Waals surface area contributed by atoms with Gasteiger partial charge >= 0.3 is 0 Å². The molecule has 1 aromatic carbocycles. The Hall–Kier alpha value is -1.08. The summed E-state index contributed by atoms with van der Waals surface area (Å²) in [5.74, 6) is 1.48. The fourth-order valence-corrected chi connectivity index (χ4v) is 2.36. The average Bonchev–Trinajstić information content (AvgIpc) is 2.31. The van der Waals surface area contributed by atoms with E-state index in [4.69, 9.17) is 0 Å². The third kappa shape index (κ3) is 2.29. The largest absolute Gasteiger partial charge is 0.396 e. The summed E-state index contributed by atoms with van der Waals surface area (Å²) in [5.41, 5.74) is 1.40. The molecule has 0 unspecified atom stereocenters. The highest BCUT2D eigenvalue weighted by molar-refractivity contribution is 5.23. The monoisotopic (exact) mass is 202 g/mol. The summed E-state index contributed by atoms with van der Waals surface area (Å²) in [5, 5.41) is 9.19. The third-order valence-electron chi connectivity index (χ3n) is 3.34. The van der Waals surface area contributed by atoms with E-state index in [1.165, 1.54) is 5.56 Å². The van der Waals surface area contributed by atoms with Gasteiger partial charge in [-0.2, -0.15) is 0 Å². The van der Waals surface area contributed by atoms with Gasteiger partial charge in [0.25, 0.3) is 0 Å². The van der Waals surface area contributed by atoms with Crippen LogP contribution in [0.15, 0.2) is 42.5 Å². The number of aliphatic hydroxyl groups is 1. The van der Waals surface area contributed by atoms with Gasteiger partial charge in [-0.05, 0) is 23.8 Å². The van der Waals surface area contributed by atoms with Gasteiger partial charge in [0.05, 0.1) is 0 Å². The molecular weight excluding hydrogens is 184 g/mol. The Morgan fingerprint density at radius 1 is 1.20 bits per heavy atom. The van der Waals surface area contributed by atoms with E-state index in [1.54, 1.807) is 0 Å². The molecule has 2 rings (SSSR count). The molecule has 1 aromatic rings. The lowest BCUT2D eigenvalue weighted by atomic mass is 9.76. The maximum Gasteiger partial charge on any atom is 0.0494 e. The van der Waals surface area contributed by atoms with Gasteiger partial charge < -0.3 is 5.11 Å². The Balaban J connectivity index is 2.19. The number of rotatable bonds is 2. The van der Waals surface area contributed by atoms with Crippen molar-refractivity contribution in [2.75, 3.05) is 6.61 Å². The highest BCUT2D eigenvalue weighted by Crippen LogP contribution is 2.35. The van der Waals surface area contributed by atoms with Crippen LogP contribution in [-0.4, -0.2) is 11.7 Å². The predicted octanol–water partition coefficient (Wildman–Crippen LogP) is 2.97. The summed E-state index contributed by atoms with van der Waals surface area (Å²) in [6.07, 6.45) is 5.46. The van der Waals surface area contributed by atoms with E-state index >= 15 is 0 Å². The van der Waals surface area contributed by atoms with Crippen molar-refractivity contribution >= 4 is 0 Å². The molecule has 1 aliphatic carbocycles. The number of allylic oxidation sites excluding steroid dienone is 1. The van der Waals surface area contributed by atoms with E-state index in [2.05, 4.69) is 49.4 Å². The number of aliphatic hydroxyl groups excluding tert-OH is 1. The lowest BCUT2D eigenvalue weighted by molar-refractivity contribution is 0.227. The molecule has 0 saturated heterocycles. The molecule has 80 valence electrons. The van der Waals surface area contributed by atoms with Crippen molar-refractivity contribution in [2.45, 2.75) is 19.3 Å². The summed E-state index contributed by atoms with van der Waals surface area (Å²) in [6, 6.07) is 10.6. The third-order valence-corrected chi connectivity index (χ3v) is 3.34. The molecule has 0 heterocycles. The maximum atomic E-state index is 9.19. The first-order valence-electron chi connectivity index (χ1n) is 5.65. The van der Waals surface area contributed by atoms with E-state index < -0.39 is 0 Å². The molecule has 1 heteroatoms. The predicted molar refractivity (Wildman–Crippen MR) is 62.7 cm³/mol. The molecule has 0 aromatic heterocycles. The fraction of sp³-hybridized carbons (Fsp3) is 0.429. The lowest BCUT2D eigenvalue weighted by Gasteiger charge is -2.29. The molecule has 1 nitrogen and oxygen atoms in total. The van der Waals surface area contributed by atoms with Gasteiger partial charge in [0, 0.05) is 12.5 Å². The van der Waals surface area contributed by atoms with E-state index in [1.807, 2.05) is 0 Å². The van der Waals surface area contributed by atoms with Crippen molar-refractivity contribution < 1.29 is 5.11 Å². The topological polar surface area (TPSA) is 20.2 Å². The van der Waals surface area contributed by atoms with E-state index in [0.29, 0.717) is 17.8 Å². The van der Waals surface area contributed by atoms with Gasteiger partial charge in [-0.1, -0.05) is 49.4 Å². The van der Waals surface area contributed by atoms with Gasteiger partial charge in [0.2, 0.25) is 0 Å². The first kappa shape index (κ1) is 10.4. The molecule has 0 radical (unpaired) electrons. The molecule has 1 aliphatic rings. The Morgan fingerprint density at radius 2 is 1.93 bits per heavy atom. The van der Waals surface area contributed by atoms with Crippen molar-refractivity contribution in [3.63, 3.8) is 0 Å². The highest BCUT2D eigenvalue weighted by atomic mass is 16.3. The fourth-order valence-electron chi connectivity index (χ4n) is 2.36. The minimum atomic E-state index is 0.270. The zero-order chi connectivity index (χ0) is 10.7. The summed E-state index contributed by atoms with van der Waals surface area (Å²) >= 11 is 0. The van der Waals surface area contributed by atoms with Crippen LogP contribution >= 0.6 is 0 Å². The van der Waals surface area contributed by atoms with Crippen LogP contribution in [0.25, 0.3) is 0 Å². The Bertz CT molecular complexity index is 328. The Morgan fingerprint density at radius 3 is 2.60 bits per heavy atom. The van der Waals surface area contributed by atoms with E-state index in [0.717, 1.165) is 6.42 Å².